The third-order valence-electron chi connectivity index (χ3n) is 5.05. The molecule has 1 amide bonds. The highest BCUT2D eigenvalue weighted by atomic mass is 19.4. The zero-order valence-corrected chi connectivity index (χ0v) is 16.3. The molecule has 2 aromatic carbocycles. The van der Waals surface area contributed by atoms with E-state index in [4.69, 9.17) is 0 Å². The molecule has 0 atom stereocenters. The van der Waals surface area contributed by atoms with Crippen LogP contribution in [0.3, 0.4) is 0 Å². The van der Waals surface area contributed by atoms with Gasteiger partial charge in [0.2, 0.25) is 5.91 Å². The second-order valence-corrected chi connectivity index (χ2v) is 7.28. The first-order valence-electron chi connectivity index (χ1n) is 9.52. The van der Waals surface area contributed by atoms with Crippen LogP contribution in [-0.2, 0) is 17.4 Å². The molecule has 1 aliphatic rings. The molecule has 0 fully saturated rings. The quantitative estimate of drug-likeness (QED) is 0.700. The fraction of sp³-hybridized carbons (Fsp3) is 0.286. The lowest BCUT2D eigenvalue weighted by atomic mass is 9.99. The Bertz CT molecular complexity index is 1060. The molecule has 1 aromatic heterocycles. The number of amides is 1. The first-order chi connectivity index (χ1) is 14.3. The fourth-order valence-electron chi connectivity index (χ4n) is 3.68. The molecule has 0 radical (unpaired) electrons. The number of hydrogen-bond donors (Lipinski definition) is 1. The van der Waals surface area contributed by atoms with E-state index in [1.165, 1.54) is 29.0 Å². The normalized spacial score (nSPS) is 13.8. The van der Waals surface area contributed by atoms with E-state index < -0.39 is 17.6 Å². The molecule has 1 N–H and O–H groups in total. The molecule has 3 aromatic rings. The van der Waals surface area contributed by atoms with E-state index in [-0.39, 0.29) is 12.2 Å². The summed E-state index contributed by atoms with van der Waals surface area (Å²) in [6.45, 7) is 2.77. The number of aryl methyl sites for hydroxylation is 2. The first-order valence-corrected chi connectivity index (χ1v) is 9.52. The average Bonchev–Trinajstić information content (AvgIpc) is 3.21. The Morgan fingerprint density at radius 2 is 1.97 bits per heavy atom. The zero-order valence-electron chi connectivity index (χ0n) is 16.3. The molecule has 156 valence electrons. The minimum absolute atomic E-state index is 0.0291. The number of carbonyl (C=O) groups is 1. The van der Waals surface area contributed by atoms with E-state index >= 15 is 0 Å². The number of rotatable bonds is 4. The number of nitrogens with zero attached hydrogens (tertiary/aromatic N) is 4. The number of nitrogens with one attached hydrogen (secondary N) is 1. The van der Waals surface area contributed by atoms with E-state index in [1.807, 2.05) is 24.0 Å². The standard InChI is InChI=1S/C21H20F3N5O/c1-14-4-6-18-15(9-14)3-2-8-28(18)11-20(30)27-17-10-16(21(22,23)24)5-7-19(17)29-13-25-12-26-29/h4-7,9-10,12-13H,2-3,8,11H2,1H3,(H,27,30). The summed E-state index contributed by atoms with van der Waals surface area (Å²) in [5.74, 6) is -0.399. The number of anilines is 2. The Balaban J connectivity index is 1.59. The van der Waals surface area contributed by atoms with Gasteiger partial charge in [0.1, 0.15) is 12.7 Å². The van der Waals surface area contributed by atoms with Crippen molar-refractivity contribution < 1.29 is 18.0 Å². The Kier molecular flexibility index (Phi) is 5.19. The summed E-state index contributed by atoms with van der Waals surface area (Å²) in [5.41, 5.74) is 2.81. The van der Waals surface area contributed by atoms with Crippen LogP contribution >= 0.6 is 0 Å². The monoisotopic (exact) mass is 415 g/mol. The highest BCUT2D eigenvalue weighted by Gasteiger charge is 2.31. The van der Waals surface area contributed by atoms with E-state index in [2.05, 4.69) is 21.5 Å². The van der Waals surface area contributed by atoms with Crippen LogP contribution in [-0.4, -0.2) is 33.8 Å². The Labute approximate surface area is 171 Å². The number of fused-ring (bicyclic) bond motifs is 1. The second kappa shape index (κ2) is 7.81. The van der Waals surface area contributed by atoms with Crippen LogP contribution in [0, 0.1) is 6.92 Å². The number of alkyl halides is 3. The lowest BCUT2D eigenvalue weighted by Gasteiger charge is -2.31. The van der Waals surface area contributed by atoms with Crippen molar-refractivity contribution in [1.82, 2.24) is 14.8 Å². The summed E-state index contributed by atoms with van der Waals surface area (Å²) in [5, 5.41) is 6.59. The maximum atomic E-state index is 13.2. The van der Waals surface area contributed by atoms with Crippen LogP contribution < -0.4 is 10.2 Å². The predicted octanol–water partition coefficient (Wildman–Crippen LogP) is 3.99. The van der Waals surface area contributed by atoms with Gasteiger partial charge in [-0.2, -0.15) is 18.3 Å². The Morgan fingerprint density at radius 1 is 1.17 bits per heavy atom. The number of carbonyl (C=O) groups excluding carboxylic acids is 1. The highest BCUT2D eigenvalue weighted by molar-refractivity contribution is 5.96. The van der Waals surface area contributed by atoms with Crippen molar-refractivity contribution in [3.63, 3.8) is 0 Å². The van der Waals surface area contributed by atoms with Crippen molar-refractivity contribution in [2.24, 2.45) is 0 Å². The number of halogens is 3. The van der Waals surface area contributed by atoms with Crippen molar-refractivity contribution >= 4 is 17.3 Å². The van der Waals surface area contributed by atoms with E-state index in [0.717, 1.165) is 36.2 Å². The third kappa shape index (κ3) is 4.14. The molecule has 2 heterocycles. The molecule has 9 heteroatoms. The van der Waals surface area contributed by atoms with Gasteiger partial charge in [-0.3, -0.25) is 4.79 Å². The van der Waals surface area contributed by atoms with Crippen molar-refractivity contribution in [2.45, 2.75) is 25.9 Å². The Morgan fingerprint density at radius 3 is 2.70 bits per heavy atom. The largest absolute Gasteiger partial charge is 0.416 e. The smallest absolute Gasteiger partial charge is 0.362 e. The van der Waals surface area contributed by atoms with Gasteiger partial charge in [-0.25, -0.2) is 9.67 Å². The van der Waals surface area contributed by atoms with Gasteiger partial charge in [0.15, 0.2) is 0 Å². The van der Waals surface area contributed by atoms with Crippen LogP contribution in [0.1, 0.15) is 23.1 Å². The van der Waals surface area contributed by atoms with Gasteiger partial charge in [0.05, 0.1) is 23.5 Å². The van der Waals surface area contributed by atoms with Gasteiger partial charge < -0.3 is 10.2 Å². The highest BCUT2D eigenvalue weighted by Crippen LogP contribution is 2.33. The van der Waals surface area contributed by atoms with Gasteiger partial charge >= 0.3 is 6.18 Å². The summed E-state index contributed by atoms with van der Waals surface area (Å²) >= 11 is 0. The van der Waals surface area contributed by atoms with Gasteiger partial charge in [-0.05, 0) is 49.6 Å². The average molecular weight is 415 g/mol. The molecule has 6 nitrogen and oxygen atoms in total. The van der Waals surface area contributed by atoms with Gasteiger partial charge in [-0.15, -0.1) is 0 Å². The van der Waals surface area contributed by atoms with Gasteiger partial charge in [-0.1, -0.05) is 17.7 Å². The van der Waals surface area contributed by atoms with Crippen LogP contribution in [0.15, 0.2) is 49.1 Å². The van der Waals surface area contributed by atoms with Crippen LogP contribution in [0.2, 0.25) is 0 Å². The summed E-state index contributed by atoms with van der Waals surface area (Å²) in [7, 11) is 0. The van der Waals surface area contributed by atoms with E-state index in [9.17, 15) is 18.0 Å². The molecule has 4 rings (SSSR count). The van der Waals surface area contributed by atoms with Crippen LogP contribution in [0.4, 0.5) is 24.5 Å². The van der Waals surface area contributed by atoms with Crippen molar-refractivity contribution in [2.75, 3.05) is 23.3 Å². The molecule has 0 unspecified atom stereocenters. The minimum Gasteiger partial charge on any atom is -0.362 e. The molecule has 0 bridgehead atoms. The molecular weight excluding hydrogens is 395 g/mol. The van der Waals surface area contributed by atoms with E-state index in [1.54, 1.807) is 0 Å². The molecule has 0 saturated carbocycles. The Hall–Kier alpha value is -3.36. The summed E-state index contributed by atoms with van der Waals surface area (Å²) in [6, 6.07) is 9.23. The van der Waals surface area contributed by atoms with Gasteiger partial charge in [0, 0.05) is 12.2 Å². The van der Waals surface area contributed by atoms with Crippen LogP contribution in [0.25, 0.3) is 5.69 Å². The van der Waals surface area contributed by atoms with E-state index in [0.29, 0.717) is 12.2 Å². The molecular formula is C21H20F3N5O. The molecule has 0 spiro atoms. The fourth-order valence-corrected chi connectivity index (χ4v) is 3.68. The predicted molar refractivity (Wildman–Crippen MR) is 107 cm³/mol. The summed E-state index contributed by atoms with van der Waals surface area (Å²) in [4.78, 5) is 18.5. The number of hydrogen-bond acceptors (Lipinski definition) is 4. The summed E-state index contributed by atoms with van der Waals surface area (Å²) < 4.78 is 40.9. The van der Waals surface area contributed by atoms with Crippen LogP contribution in [0.5, 0.6) is 0 Å². The van der Waals surface area contributed by atoms with Gasteiger partial charge in [0.25, 0.3) is 0 Å². The third-order valence-corrected chi connectivity index (χ3v) is 5.05. The summed E-state index contributed by atoms with van der Waals surface area (Å²) in [6.07, 6.45) is -0.0296. The molecule has 0 saturated heterocycles. The number of benzene rings is 2. The van der Waals surface area contributed by atoms with Crippen molar-refractivity contribution in [3.8, 4) is 5.69 Å². The SMILES string of the molecule is Cc1ccc2c(c1)CCCN2CC(=O)Nc1cc(C(F)(F)F)ccc1-n1cncn1. The maximum Gasteiger partial charge on any atom is 0.416 e. The number of aromatic nitrogens is 3. The molecule has 1 aliphatic heterocycles. The molecule has 0 aliphatic carbocycles. The maximum absolute atomic E-state index is 13.2. The first kappa shape index (κ1) is 19.9. The lowest BCUT2D eigenvalue weighted by molar-refractivity contribution is -0.137. The zero-order chi connectivity index (χ0) is 21.3. The van der Waals surface area contributed by atoms with Crippen molar-refractivity contribution in [1.29, 1.82) is 0 Å². The lowest BCUT2D eigenvalue weighted by Crippen LogP contribution is -2.37. The topological polar surface area (TPSA) is 63.1 Å². The second-order valence-electron chi connectivity index (χ2n) is 7.28. The minimum atomic E-state index is -4.52. The van der Waals surface area contributed by atoms with Crippen molar-refractivity contribution in [3.05, 3.63) is 65.7 Å². The molecule has 30 heavy (non-hydrogen) atoms.